The lowest BCUT2D eigenvalue weighted by atomic mass is 10.0. The van der Waals surface area contributed by atoms with E-state index in [9.17, 15) is 28.2 Å². The van der Waals surface area contributed by atoms with Crippen LogP contribution in [0.4, 0.5) is 11.4 Å². The van der Waals surface area contributed by atoms with E-state index in [0.29, 0.717) is 12.5 Å². The first-order chi connectivity index (χ1) is 14.3. The minimum atomic E-state index is -4.28. The summed E-state index contributed by atoms with van der Waals surface area (Å²) in [5.41, 5.74) is -0.0108. The molecule has 11 heteroatoms. The van der Waals surface area contributed by atoms with E-state index in [1.165, 1.54) is 24.3 Å². The van der Waals surface area contributed by atoms with Gasteiger partial charge in [0.15, 0.2) is 0 Å². The van der Waals surface area contributed by atoms with E-state index in [0.717, 1.165) is 31.2 Å². The molecule has 1 saturated heterocycles. The molecule has 0 atom stereocenters. The molecule has 0 aliphatic carbocycles. The number of hydrogen-bond acceptors (Lipinski definition) is 7. The zero-order chi connectivity index (χ0) is 21.7. The van der Waals surface area contributed by atoms with Gasteiger partial charge in [0.2, 0.25) is 0 Å². The molecule has 3 N–H and O–H groups in total. The maximum atomic E-state index is 12.5. The van der Waals surface area contributed by atoms with Crippen molar-refractivity contribution in [1.82, 2.24) is 4.72 Å². The van der Waals surface area contributed by atoms with Gasteiger partial charge >= 0.3 is 0 Å². The van der Waals surface area contributed by atoms with Gasteiger partial charge in [0.05, 0.1) is 9.82 Å². The van der Waals surface area contributed by atoms with Crippen molar-refractivity contribution in [2.75, 3.05) is 24.2 Å². The number of nitro benzene ring substituents is 1. The molecule has 0 aromatic heterocycles. The number of carbonyl (C=O) groups is 1. The molecule has 1 aliphatic rings. The molecule has 160 valence electrons. The Hall–Kier alpha value is -2.55. The molecule has 1 heterocycles. The van der Waals surface area contributed by atoms with Gasteiger partial charge in [0.1, 0.15) is 5.69 Å². The Morgan fingerprint density at radius 2 is 1.83 bits per heavy atom. The number of carbonyl (C=O) groups excluding carboxylic acids is 1. The molecule has 3 rings (SSSR count). The molecule has 2 aromatic rings. The van der Waals surface area contributed by atoms with Crippen LogP contribution in [-0.2, 0) is 10.0 Å². The van der Waals surface area contributed by atoms with Gasteiger partial charge < -0.3 is 10.2 Å². The number of benzene rings is 2. The monoisotopic (exact) mass is 451 g/mol. The summed E-state index contributed by atoms with van der Waals surface area (Å²) in [6.45, 7) is 0.501. The summed E-state index contributed by atoms with van der Waals surface area (Å²) < 4.78 is 27.0. The first-order valence-electron chi connectivity index (χ1n) is 9.34. The van der Waals surface area contributed by atoms with Crippen molar-refractivity contribution in [3.8, 4) is 0 Å². The van der Waals surface area contributed by atoms with Crippen LogP contribution in [0.3, 0.4) is 0 Å². The first kappa shape index (κ1) is 22.1. The van der Waals surface area contributed by atoms with Crippen molar-refractivity contribution in [1.29, 1.82) is 0 Å². The summed E-state index contributed by atoms with van der Waals surface area (Å²) >= 11 is 0. The normalized spacial score (nSPS) is 19.1. The predicted octanol–water partition coefficient (Wildman–Crippen LogP) is 2.92. The van der Waals surface area contributed by atoms with E-state index < -0.39 is 29.0 Å². The van der Waals surface area contributed by atoms with Gasteiger partial charge in [0.25, 0.3) is 21.6 Å². The van der Waals surface area contributed by atoms with Crippen molar-refractivity contribution in [3.05, 3.63) is 64.2 Å². The van der Waals surface area contributed by atoms with Crippen molar-refractivity contribution in [3.63, 3.8) is 0 Å². The molecule has 0 saturated carbocycles. The lowest BCUT2D eigenvalue weighted by Gasteiger charge is -2.25. The molecule has 30 heavy (non-hydrogen) atoms. The standard InChI is InChI=1S/C19H22N3O6PS/c23-19(15-4-2-1-3-5-15)21-30(27,28)16-6-7-17(18(12-16)22(24)25)20-13-14-8-10-29(26)11-9-14/h1-7,12,14,20,26H,8-11,13H2,(H,21,23). The average molecular weight is 451 g/mol. The van der Waals surface area contributed by atoms with Crippen LogP contribution >= 0.6 is 8.15 Å². The molecule has 0 unspecified atom stereocenters. The largest absolute Gasteiger partial charge is 0.379 e. The molecular weight excluding hydrogens is 429 g/mol. The highest BCUT2D eigenvalue weighted by molar-refractivity contribution is 7.90. The van der Waals surface area contributed by atoms with Gasteiger partial charge in [-0.15, -0.1) is 0 Å². The van der Waals surface area contributed by atoms with Crippen LogP contribution in [0.25, 0.3) is 0 Å². The van der Waals surface area contributed by atoms with Gasteiger partial charge in [-0.1, -0.05) is 18.2 Å². The molecule has 1 amide bonds. The summed E-state index contributed by atoms with van der Waals surface area (Å²) in [6.07, 6.45) is 3.23. The number of anilines is 1. The number of nitrogens with zero attached hydrogens (tertiary/aromatic N) is 1. The summed E-state index contributed by atoms with van der Waals surface area (Å²) in [5, 5.41) is 14.5. The fourth-order valence-electron chi connectivity index (χ4n) is 3.19. The summed E-state index contributed by atoms with van der Waals surface area (Å²) in [6, 6.07) is 11.3. The van der Waals surface area contributed by atoms with Crippen molar-refractivity contribution < 1.29 is 23.0 Å². The Morgan fingerprint density at radius 1 is 1.17 bits per heavy atom. The maximum absolute atomic E-state index is 12.5. The quantitative estimate of drug-likeness (QED) is 0.334. The lowest BCUT2D eigenvalue weighted by molar-refractivity contribution is -0.384. The van der Waals surface area contributed by atoms with Gasteiger partial charge in [-0.05, 0) is 55.3 Å². The van der Waals surface area contributed by atoms with E-state index in [-0.39, 0.29) is 21.8 Å². The average Bonchev–Trinajstić information content (AvgIpc) is 2.73. The maximum Gasteiger partial charge on any atom is 0.293 e. The third-order valence-electron chi connectivity index (χ3n) is 4.91. The minimum absolute atomic E-state index is 0.160. The molecule has 9 nitrogen and oxygen atoms in total. The SMILES string of the molecule is O=C(NS(=O)(=O)c1ccc(NCC2CCP(O)CC2)c([N+](=O)[O-])c1)c1ccccc1. The molecule has 0 bridgehead atoms. The second-order valence-corrected chi connectivity index (χ2v) is 10.6. The second-order valence-electron chi connectivity index (χ2n) is 7.01. The van der Waals surface area contributed by atoms with Gasteiger partial charge in [-0.2, -0.15) is 0 Å². The van der Waals surface area contributed by atoms with E-state index in [1.807, 2.05) is 4.72 Å². The number of hydrogen-bond donors (Lipinski definition) is 3. The fourth-order valence-corrected chi connectivity index (χ4v) is 5.73. The third kappa shape index (κ3) is 5.53. The molecule has 2 aromatic carbocycles. The van der Waals surface area contributed by atoms with Crippen molar-refractivity contribution in [2.45, 2.75) is 17.7 Å². The van der Waals surface area contributed by atoms with E-state index >= 15 is 0 Å². The molecule has 1 fully saturated rings. The Labute approximate surface area is 175 Å². The summed E-state index contributed by atoms with van der Waals surface area (Å²) in [4.78, 5) is 32.3. The van der Waals surface area contributed by atoms with Crippen LogP contribution < -0.4 is 10.0 Å². The van der Waals surface area contributed by atoms with Crippen molar-refractivity contribution in [2.24, 2.45) is 5.92 Å². The highest BCUT2D eigenvalue weighted by Gasteiger charge is 2.25. The van der Waals surface area contributed by atoms with E-state index in [4.69, 9.17) is 0 Å². The van der Waals surface area contributed by atoms with Crippen LogP contribution in [-0.4, -0.2) is 43.0 Å². The highest BCUT2D eigenvalue weighted by Crippen LogP contribution is 2.39. The van der Waals surface area contributed by atoms with Crippen LogP contribution in [0.5, 0.6) is 0 Å². The minimum Gasteiger partial charge on any atom is -0.379 e. The summed E-state index contributed by atoms with van der Waals surface area (Å²) in [5.74, 6) is -0.523. The van der Waals surface area contributed by atoms with E-state index in [1.54, 1.807) is 18.2 Å². The number of amides is 1. The summed E-state index contributed by atoms with van der Waals surface area (Å²) in [7, 11) is -5.16. The second kappa shape index (κ2) is 9.51. The topological polar surface area (TPSA) is 139 Å². The molecule has 0 radical (unpaired) electrons. The van der Waals surface area contributed by atoms with E-state index in [2.05, 4.69) is 5.32 Å². The highest BCUT2D eigenvalue weighted by atomic mass is 32.2. The smallest absolute Gasteiger partial charge is 0.293 e. The zero-order valence-electron chi connectivity index (χ0n) is 16.0. The van der Waals surface area contributed by atoms with Crippen LogP contribution in [0.1, 0.15) is 23.2 Å². The van der Waals surface area contributed by atoms with Gasteiger partial charge in [0, 0.05) is 26.3 Å². The predicted molar refractivity (Wildman–Crippen MR) is 114 cm³/mol. The van der Waals surface area contributed by atoms with Crippen molar-refractivity contribution >= 4 is 35.5 Å². The fraction of sp³-hybridized carbons (Fsp3) is 0.316. The number of rotatable bonds is 7. The Morgan fingerprint density at radius 3 is 2.47 bits per heavy atom. The Kier molecular flexibility index (Phi) is 7.02. The Balaban J connectivity index is 1.75. The van der Waals surface area contributed by atoms with Crippen LogP contribution in [0, 0.1) is 16.0 Å². The van der Waals surface area contributed by atoms with Crippen LogP contribution in [0.2, 0.25) is 0 Å². The molecule has 1 aliphatic heterocycles. The number of sulfonamides is 1. The number of nitrogens with one attached hydrogen (secondary N) is 2. The van der Waals surface area contributed by atoms with Gasteiger partial charge in [-0.3, -0.25) is 14.9 Å². The zero-order valence-corrected chi connectivity index (χ0v) is 17.7. The molecule has 0 spiro atoms. The third-order valence-corrected chi connectivity index (χ3v) is 7.79. The first-order valence-corrected chi connectivity index (χ1v) is 12.5. The molecular formula is C19H22N3O6PS. The number of nitro groups is 1. The Bertz CT molecular complexity index is 1020. The lowest BCUT2D eigenvalue weighted by Crippen LogP contribution is -2.30. The van der Waals surface area contributed by atoms with Crippen LogP contribution in [0.15, 0.2) is 53.4 Å². The van der Waals surface area contributed by atoms with Gasteiger partial charge in [-0.25, -0.2) is 13.1 Å².